The molecule has 6 heteroatoms. The molecule has 0 fully saturated rings. The first kappa shape index (κ1) is 14.5. The molecule has 110 valence electrons. The summed E-state index contributed by atoms with van der Waals surface area (Å²) in [6.07, 6.45) is -0.677. The summed E-state index contributed by atoms with van der Waals surface area (Å²) in [6, 6.07) is 9.73. The van der Waals surface area contributed by atoms with E-state index in [1.165, 1.54) is 36.4 Å². The van der Waals surface area contributed by atoms with E-state index >= 15 is 0 Å². The maximum Gasteiger partial charge on any atom is 0.419 e. The SMILES string of the molecule is CCOC(=O)N(c1ccc(O)cc1)c1ccc(O)cc1O. The Balaban J connectivity index is 2.50. The Morgan fingerprint density at radius 2 is 1.67 bits per heavy atom. The van der Waals surface area contributed by atoms with Gasteiger partial charge < -0.3 is 20.1 Å². The standard InChI is InChI=1S/C15H15NO5/c1-2-21-15(20)16(10-3-5-11(17)6-4-10)13-8-7-12(18)9-14(13)19/h3-9,17-19H,2H2,1H3. The predicted octanol–water partition coefficient (Wildman–Crippen LogP) is 3.10. The fourth-order valence-electron chi connectivity index (χ4n) is 1.83. The lowest BCUT2D eigenvalue weighted by atomic mass is 10.2. The number of amides is 1. The van der Waals surface area contributed by atoms with E-state index in [4.69, 9.17) is 4.74 Å². The molecule has 2 aromatic carbocycles. The highest BCUT2D eigenvalue weighted by Crippen LogP contribution is 2.36. The highest BCUT2D eigenvalue weighted by atomic mass is 16.6. The van der Waals surface area contributed by atoms with Crippen LogP contribution in [-0.2, 0) is 4.74 Å². The molecule has 0 aliphatic heterocycles. The second-order valence-electron chi connectivity index (χ2n) is 4.22. The summed E-state index contributed by atoms with van der Waals surface area (Å²) in [5.41, 5.74) is 0.573. The maximum atomic E-state index is 12.1. The third-order valence-electron chi connectivity index (χ3n) is 2.76. The molecule has 0 radical (unpaired) electrons. The molecule has 6 nitrogen and oxygen atoms in total. The van der Waals surface area contributed by atoms with Crippen LogP contribution in [-0.4, -0.2) is 28.0 Å². The fourth-order valence-corrected chi connectivity index (χ4v) is 1.83. The number of hydrogen-bond donors (Lipinski definition) is 3. The van der Waals surface area contributed by atoms with Crippen LogP contribution >= 0.6 is 0 Å². The Hall–Kier alpha value is -2.89. The molecule has 2 rings (SSSR count). The van der Waals surface area contributed by atoms with Gasteiger partial charge in [-0.25, -0.2) is 9.69 Å². The molecule has 0 saturated heterocycles. The summed E-state index contributed by atoms with van der Waals surface area (Å²) >= 11 is 0. The number of carbonyl (C=O) groups is 1. The number of ether oxygens (including phenoxy) is 1. The van der Waals surface area contributed by atoms with Crippen molar-refractivity contribution in [3.63, 3.8) is 0 Å². The molecule has 3 N–H and O–H groups in total. The number of nitrogens with zero attached hydrogens (tertiary/aromatic N) is 1. The lowest BCUT2D eigenvalue weighted by Crippen LogP contribution is -2.26. The van der Waals surface area contributed by atoms with Gasteiger partial charge in [0, 0.05) is 6.07 Å². The number of benzene rings is 2. The number of hydrogen-bond acceptors (Lipinski definition) is 5. The van der Waals surface area contributed by atoms with E-state index in [1.807, 2.05) is 0 Å². The molecule has 0 aliphatic carbocycles. The minimum Gasteiger partial charge on any atom is -0.508 e. The Bertz CT molecular complexity index is 639. The number of anilines is 2. The van der Waals surface area contributed by atoms with E-state index in [-0.39, 0.29) is 29.5 Å². The minimum absolute atomic E-state index is 0.0532. The first-order chi connectivity index (χ1) is 10.0. The van der Waals surface area contributed by atoms with Crippen LogP contribution in [0.2, 0.25) is 0 Å². The Kier molecular flexibility index (Phi) is 4.18. The predicted molar refractivity (Wildman–Crippen MR) is 77.0 cm³/mol. The van der Waals surface area contributed by atoms with Gasteiger partial charge >= 0.3 is 6.09 Å². The number of phenols is 3. The third kappa shape index (κ3) is 3.17. The summed E-state index contributed by atoms with van der Waals surface area (Å²) in [5.74, 6) is -0.334. The van der Waals surface area contributed by atoms with Gasteiger partial charge in [-0.1, -0.05) is 0 Å². The molecule has 0 bridgehead atoms. The van der Waals surface area contributed by atoms with Crippen LogP contribution in [0.3, 0.4) is 0 Å². The minimum atomic E-state index is -0.677. The number of rotatable bonds is 3. The van der Waals surface area contributed by atoms with Crippen LogP contribution in [0.5, 0.6) is 17.2 Å². The highest BCUT2D eigenvalue weighted by molar-refractivity contribution is 5.97. The topological polar surface area (TPSA) is 90.2 Å². The van der Waals surface area contributed by atoms with Crippen molar-refractivity contribution in [3.05, 3.63) is 42.5 Å². The lowest BCUT2D eigenvalue weighted by Gasteiger charge is -2.23. The van der Waals surface area contributed by atoms with E-state index in [2.05, 4.69) is 0 Å². The van der Waals surface area contributed by atoms with Gasteiger partial charge in [-0.3, -0.25) is 0 Å². The molecular formula is C15H15NO5. The Morgan fingerprint density at radius 1 is 1.05 bits per heavy atom. The van der Waals surface area contributed by atoms with Crippen molar-refractivity contribution in [1.29, 1.82) is 0 Å². The molecule has 2 aromatic rings. The normalized spacial score (nSPS) is 10.1. The Morgan fingerprint density at radius 3 is 2.24 bits per heavy atom. The van der Waals surface area contributed by atoms with Gasteiger partial charge in [0.2, 0.25) is 0 Å². The third-order valence-corrected chi connectivity index (χ3v) is 2.76. The lowest BCUT2D eigenvalue weighted by molar-refractivity contribution is 0.162. The highest BCUT2D eigenvalue weighted by Gasteiger charge is 2.22. The van der Waals surface area contributed by atoms with Crippen molar-refractivity contribution in [2.24, 2.45) is 0 Å². The zero-order chi connectivity index (χ0) is 15.4. The summed E-state index contributed by atoms with van der Waals surface area (Å²) in [5, 5.41) is 28.6. The maximum absolute atomic E-state index is 12.1. The number of carbonyl (C=O) groups excluding carboxylic acids is 1. The van der Waals surface area contributed by atoms with Crippen molar-refractivity contribution in [2.45, 2.75) is 6.92 Å². The van der Waals surface area contributed by atoms with Crippen LogP contribution in [0.15, 0.2) is 42.5 Å². The van der Waals surface area contributed by atoms with Gasteiger partial charge in [-0.2, -0.15) is 0 Å². The molecule has 0 spiro atoms. The average Bonchev–Trinajstić information content (AvgIpc) is 2.44. The van der Waals surface area contributed by atoms with E-state index in [0.717, 1.165) is 11.0 Å². The zero-order valence-corrected chi connectivity index (χ0v) is 11.4. The molecule has 21 heavy (non-hydrogen) atoms. The van der Waals surface area contributed by atoms with Gasteiger partial charge in [0.25, 0.3) is 0 Å². The van der Waals surface area contributed by atoms with Gasteiger partial charge in [0.1, 0.15) is 17.2 Å². The second-order valence-corrected chi connectivity index (χ2v) is 4.22. The second kappa shape index (κ2) is 6.04. The molecule has 0 heterocycles. The van der Waals surface area contributed by atoms with E-state index in [1.54, 1.807) is 6.92 Å². The molecule has 0 aliphatic rings. The van der Waals surface area contributed by atoms with Crippen molar-refractivity contribution in [1.82, 2.24) is 0 Å². The summed E-state index contributed by atoms with van der Waals surface area (Å²) in [4.78, 5) is 13.3. The van der Waals surface area contributed by atoms with E-state index in [9.17, 15) is 20.1 Å². The summed E-state index contributed by atoms with van der Waals surface area (Å²) in [7, 11) is 0. The van der Waals surface area contributed by atoms with Crippen LogP contribution < -0.4 is 4.90 Å². The fraction of sp³-hybridized carbons (Fsp3) is 0.133. The smallest absolute Gasteiger partial charge is 0.419 e. The van der Waals surface area contributed by atoms with Crippen LogP contribution in [0, 0.1) is 0 Å². The van der Waals surface area contributed by atoms with Crippen molar-refractivity contribution < 1.29 is 24.9 Å². The van der Waals surface area contributed by atoms with Gasteiger partial charge in [0.05, 0.1) is 18.0 Å². The summed E-state index contributed by atoms with van der Waals surface area (Å²) < 4.78 is 4.98. The molecule has 0 saturated carbocycles. The molecule has 0 atom stereocenters. The first-order valence-corrected chi connectivity index (χ1v) is 6.31. The Labute approximate surface area is 121 Å². The molecule has 1 amide bonds. The van der Waals surface area contributed by atoms with Gasteiger partial charge in [0.15, 0.2) is 0 Å². The van der Waals surface area contributed by atoms with Gasteiger partial charge in [-0.15, -0.1) is 0 Å². The zero-order valence-electron chi connectivity index (χ0n) is 11.4. The molecular weight excluding hydrogens is 274 g/mol. The number of phenolic OH excluding ortho intramolecular Hbond substituents is 3. The van der Waals surface area contributed by atoms with Crippen molar-refractivity contribution >= 4 is 17.5 Å². The van der Waals surface area contributed by atoms with Crippen LogP contribution in [0.25, 0.3) is 0 Å². The summed E-state index contributed by atoms with van der Waals surface area (Å²) in [6.45, 7) is 1.84. The molecule has 0 unspecified atom stereocenters. The van der Waals surface area contributed by atoms with E-state index < -0.39 is 6.09 Å². The molecule has 0 aromatic heterocycles. The van der Waals surface area contributed by atoms with Crippen LogP contribution in [0.4, 0.5) is 16.2 Å². The van der Waals surface area contributed by atoms with Crippen molar-refractivity contribution in [3.8, 4) is 17.2 Å². The van der Waals surface area contributed by atoms with Crippen molar-refractivity contribution in [2.75, 3.05) is 11.5 Å². The first-order valence-electron chi connectivity index (χ1n) is 6.31. The quantitative estimate of drug-likeness (QED) is 0.807. The largest absolute Gasteiger partial charge is 0.508 e. The average molecular weight is 289 g/mol. The monoisotopic (exact) mass is 289 g/mol. The van der Waals surface area contributed by atoms with Gasteiger partial charge in [-0.05, 0) is 43.3 Å². The number of aromatic hydroxyl groups is 3. The van der Waals surface area contributed by atoms with Crippen LogP contribution in [0.1, 0.15) is 6.92 Å². The van der Waals surface area contributed by atoms with E-state index in [0.29, 0.717) is 5.69 Å².